The molecule has 0 bridgehead atoms. The van der Waals surface area contributed by atoms with E-state index in [9.17, 15) is 5.11 Å². The molecule has 3 rings (SSSR count). The summed E-state index contributed by atoms with van der Waals surface area (Å²) in [6.45, 7) is 2.47. The van der Waals surface area contributed by atoms with Crippen LogP contribution in [-0.4, -0.2) is 34.9 Å². The van der Waals surface area contributed by atoms with Crippen molar-refractivity contribution in [2.75, 3.05) is 6.54 Å². The first-order valence-corrected chi connectivity index (χ1v) is 7.86. The van der Waals surface area contributed by atoms with Gasteiger partial charge in [0.05, 0.1) is 6.10 Å². The summed E-state index contributed by atoms with van der Waals surface area (Å²) in [7, 11) is 0. The topological polar surface area (TPSA) is 57.3 Å². The van der Waals surface area contributed by atoms with E-state index in [1.165, 1.54) is 12.8 Å². The first-order valence-electron chi connectivity index (χ1n) is 7.86. The van der Waals surface area contributed by atoms with Gasteiger partial charge in [0, 0.05) is 29.7 Å². The van der Waals surface area contributed by atoms with E-state index in [1.807, 2.05) is 25.3 Å². The van der Waals surface area contributed by atoms with E-state index in [0.29, 0.717) is 12.6 Å². The standard InChI is InChI=1S/C17H24N2O2/c1-12(20)11-19-13-4-2-5-14(10-13)21-17-7-3-6-16-15(17)8-9-18-16/h3,6-9,12-14,18-20H,2,4-5,10-11H2,1H3. The van der Waals surface area contributed by atoms with Crippen LogP contribution >= 0.6 is 0 Å². The van der Waals surface area contributed by atoms with E-state index in [-0.39, 0.29) is 12.2 Å². The molecule has 0 spiro atoms. The van der Waals surface area contributed by atoms with E-state index in [1.54, 1.807) is 0 Å². The minimum Gasteiger partial charge on any atom is -0.490 e. The third-order valence-electron chi connectivity index (χ3n) is 4.18. The second-order valence-corrected chi connectivity index (χ2v) is 6.06. The second-order valence-electron chi connectivity index (χ2n) is 6.06. The summed E-state index contributed by atoms with van der Waals surface area (Å²) in [5.41, 5.74) is 1.12. The van der Waals surface area contributed by atoms with Gasteiger partial charge in [-0.15, -0.1) is 0 Å². The van der Waals surface area contributed by atoms with Gasteiger partial charge in [-0.1, -0.05) is 6.07 Å². The quantitative estimate of drug-likeness (QED) is 0.793. The van der Waals surface area contributed by atoms with Gasteiger partial charge in [-0.3, -0.25) is 0 Å². The summed E-state index contributed by atoms with van der Waals surface area (Å²) in [5.74, 6) is 0.968. The van der Waals surface area contributed by atoms with Gasteiger partial charge in [-0.05, 0) is 50.8 Å². The molecule has 3 unspecified atom stereocenters. The number of benzene rings is 1. The molecule has 3 atom stereocenters. The molecule has 4 nitrogen and oxygen atoms in total. The highest BCUT2D eigenvalue weighted by molar-refractivity contribution is 5.85. The first kappa shape index (κ1) is 14.4. The molecule has 3 N–H and O–H groups in total. The van der Waals surface area contributed by atoms with Gasteiger partial charge in [-0.2, -0.15) is 0 Å². The summed E-state index contributed by atoms with van der Waals surface area (Å²) in [5, 5.41) is 14.0. The van der Waals surface area contributed by atoms with Crippen molar-refractivity contribution in [1.82, 2.24) is 10.3 Å². The predicted octanol–water partition coefficient (Wildman–Crippen LogP) is 2.83. The largest absolute Gasteiger partial charge is 0.490 e. The van der Waals surface area contributed by atoms with E-state index in [4.69, 9.17) is 4.74 Å². The first-order chi connectivity index (χ1) is 10.2. The van der Waals surface area contributed by atoms with Crippen LogP contribution in [0.15, 0.2) is 30.5 Å². The van der Waals surface area contributed by atoms with Crippen LogP contribution in [0.2, 0.25) is 0 Å². The Morgan fingerprint density at radius 3 is 3.14 bits per heavy atom. The zero-order chi connectivity index (χ0) is 14.7. The Hall–Kier alpha value is -1.52. The third kappa shape index (κ3) is 3.57. The van der Waals surface area contributed by atoms with Crippen LogP contribution in [0.1, 0.15) is 32.6 Å². The Morgan fingerprint density at radius 1 is 1.38 bits per heavy atom. The lowest BCUT2D eigenvalue weighted by Gasteiger charge is -2.30. The summed E-state index contributed by atoms with van der Waals surface area (Å²) < 4.78 is 6.24. The highest BCUT2D eigenvalue weighted by Crippen LogP contribution is 2.29. The predicted molar refractivity (Wildman–Crippen MR) is 84.7 cm³/mol. The molecule has 1 heterocycles. The highest BCUT2D eigenvalue weighted by atomic mass is 16.5. The fourth-order valence-corrected chi connectivity index (χ4v) is 3.11. The third-order valence-corrected chi connectivity index (χ3v) is 4.18. The summed E-state index contributed by atoms with van der Waals surface area (Å²) in [6.07, 6.45) is 6.37. The maximum atomic E-state index is 9.38. The number of aromatic amines is 1. The molecule has 1 aromatic heterocycles. The SMILES string of the molecule is CC(O)CNC1CCCC(Oc2cccc3[nH]ccc23)C1. The summed E-state index contributed by atoms with van der Waals surface area (Å²) >= 11 is 0. The molecular weight excluding hydrogens is 264 g/mol. The van der Waals surface area contributed by atoms with E-state index < -0.39 is 0 Å². The Balaban J connectivity index is 1.63. The van der Waals surface area contributed by atoms with Crippen LogP contribution in [0.3, 0.4) is 0 Å². The van der Waals surface area contributed by atoms with Crippen LogP contribution in [0, 0.1) is 0 Å². The van der Waals surface area contributed by atoms with Gasteiger partial charge >= 0.3 is 0 Å². The van der Waals surface area contributed by atoms with Gasteiger partial charge in [-0.25, -0.2) is 0 Å². The summed E-state index contributed by atoms with van der Waals surface area (Å²) in [6, 6.07) is 8.65. The highest BCUT2D eigenvalue weighted by Gasteiger charge is 2.23. The number of ether oxygens (including phenoxy) is 1. The maximum absolute atomic E-state index is 9.38. The number of aliphatic hydroxyl groups excluding tert-OH is 1. The molecule has 0 radical (unpaired) electrons. The van der Waals surface area contributed by atoms with Crippen molar-refractivity contribution in [3.8, 4) is 5.75 Å². The Bertz CT molecular complexity index is 579. The van der Waals surface area contributed by atoms with Crippen molar-refractivity contribution in [3.63, 3.8) is 0 Å². The van der Waals surface area contributed by atoms with E-state index in [0.717, 1.165) is 29.5 Å². The molecule has 2 aromatic rings. The smallest absolute Gasteiger partial charge is 0.129 e. The van der Waals surface area contributed by atoms with E-state index in [2.05, 4.69) is 22.4 Å². The molecule has 4 heteroatoms. The molecule has 0 amide bonds. The maximum Gasteiger partial charge on any atom is 0.129 e. The molecule has 1 aromatic carbocycles. The lowest BCUT2D eigenvalue weighted by Crippen LogP contribution is -2.40. The normalized spacial score (nSPS) is 24.1. The minimum atomic E-state index is -0.292. The molecule has 1 fully saturated rings. The number of aromatic nitrogens is 1. The van der Waals surface area contributed by atoms with Crippen molar-refractivity contribution in [3.05, 3.63) is 30.5 Å². The average molecular weight is 288 g/mol. The number of nitrogens with one attached hydrogen (secondary N) is 2. The number of fused-ring (bicyclic) bond motifs is 1. The number of hydrogen-bond acceptors (Lipinski definition) is 3. The molecular formula is C17H24N2O2. The van der Waals surface area contributed by atoms with Gasteiger partial charge < -0.3 is 20.1 Å². The Labute approximate surface area is 125 Å². The molecule has 0 aliphatic heterocycles. The van der Waals surface area contributed by atoms with Crippen molar-refractivity contribution in [1.29, 1.82) is 0 Å². The lowest BCUT2D eigenvalue weighted by atomic mass is 9.92. The molecule has 1 saturated carbocycles. The van der Waals surface area contributed by atoms with Crippen molar-refractivity contribution < 1.29 is 9.84 Å². The number of H-pyrrole nitrogens is 1. The Morgan fingerprint density at radius 2 is 2.29 bits per heavy atom. The summed E-state index contributed by atoms with van der Waals surface area (Å²) in [4.78, 5) is 3.22. The minimum absolute atomic E-state index is 0.255. The van der Waals surface area contributed by atoms with Gasteiger partial charge in [0.1, 0.15) is 11.9 Å². The fourth-order valence-electron chi connectivity index (χ4n) is 3.11. The van der Waals surface area contributed by atoms with Crippen molar-refractivity contribution in [2.24, 2.45) is 0 Å². The number of aliphatic hydroxyl groups is 1. The van der Waals surface area contributed by atoms with Crippen LogP contribution in [-0.2, 0) is 0 Å². The van der Waals surface area contributed by atoms with Gasteiger partial charge in [0.25, 0.3) is 0 Å². The molecule has 1 aliphatic carbocycles. The number of hydrogen-bond donors (Lipinski definition) is 3. The van der Waals surface area contributed by atoms with Crippen LogP contribution in [0.25, 0.3) is 10.9 Å². The molecule has 21 heavy (non-hydrogen) atoms. The van der Waals surface area contributed by atoms with Crippen LogP contribution in [0.4, 0.5) is 0 Å². The Kier molecular flexibility index (Phi) is 4.46. The monoisotopic (exact) mass is 288 g/mol. The molecule has 0 saturated heterocycles. The molecule has 114 valence electrons. The van der Waals surface area contributed by atoms with Crippen molar-refractivity contribution in [2.45, 2.75) is 50.9 Å². The molecule has 1 aliphatic rings. The van der Waals surface area contributed by atoms with Crippen LogP contribution in [0.5, 0.6) is 5.75 Å². The number of rotatable bonds is 5. The lowest BCUT2D eigenvalue weighted by molar-refractivity contribution is 0.126. The zero-order valence-corrected chi connectivity index (χ0v) is 12.5. The van der Waals surface area contributed by atoms with E-state index >= 15 is 0 Å². The van der Waals surface area contributed by atoms with Crippen molar-refractivity contribution >= 4 is 10.9 Å². The second kappa shape index (κ2) is 6.50. The van der Waals surface area contributed by atoms with Crippen LogP contribution < -0.4 is 10.1 Å². The average Bonchev–Trinajstić information content (AvgIpc) is 2.95. The van der Waals surface area contributed by atoms with Gasteiger partial charge in [0.15, 0.2) is 0 Å². The zero-order valence-electron chi connectivity index (χ0n) is 12.5. The van der Waals surface area contributed by atoms with Gasteiger partial charge in [0.2, 0.25) is 0 Å². The fraction of sp³-hybridized carbons (Fsp3) is 0.529.